The van der Waals surface area contributed by atoms with Gasteiger partial charge in [0.25, 0.3) is 17.7 Å². The van der Waals surface area contributed by atoms with Crippen LogP contribution in [0.1, 0.15) is 38.1 Å². The van der Waals surface area contributed by atoms with Crippen LogP contribution in [0.15, 0.2) is 54.7 Å². The molecule has 4 aromatic rings. The average molecular weight is 535 g/mol. The van der Waals surface area contributed by atoms with Crippen molar-refractivity contribution in [1.82, 2.24) is 25.2 Å². The Morgan fingerprint density at radius 1 is 1.10 bits per heavy atom. The lowest BCUT2D eigenvalue weighted by Gasteiger charge is -2.18. The number of amides is 4. The fourth-order valence-electron chi connectivity index (χ4n) is 3.91. The van der Waals surface area contributed by atoms with E-state index in [0.29, 0.717) is 17.0 Å². The number of hydrogen-bond donors (Lipinski definition) is 4. The summed E-state index contributed by atoms with van der Waals surface area (Å²) in [6.45, 7) is -0.0885. The van der Waals surface area contributed by atoms with Gasteiger partial charge in [-0.05, 0) is 35.4 Å². The van der Waals surface area contributed by atoms with Gasteiger partial charge in [0.15, 0.2) is 18.1 Å². The Morgan fingerprint density at radius 3 is 2.62 bits per heavy atom. The van der Waals surface area contributed by atoms with Crippen LogP contribution in [0.2, 0.25) is 0 Å². The molecule has 2 aromatic carbocycles. The number of nitrogens with one attached hydrogen (secondary N) is 3. The van der Waals surface area contributed by atoms with E-state index in [1.165, 1.54) is 12.1 Å². The van der Waals surface area contributed by atoms with Gasteiger partial charge in [-0.2, -0.15) is 5.10 Å². The van der Waals surface area contributed by atoms with Gasteiger partial charge in [0.1, 0.15) is 29.0 Å². The van der Waals surface area contributed by atoms with Crippen LogP contribution in [0.5, 0.6) is 5.75 Å². The second-order valence-electron chi connectivity index (χ2n) is 8.46. The number of hydrogen-bond acceptors (Lipinski definition) is 7. The minimum absolute atomic E-state index is 0.00638. The van der Waals surface area contributed by atoms with E-state index in [4.69, 9.17) is 10.5 Å². The first-order valence-corrected chi connectivity index (χ1v) is 11.4. The number of carbonyl (C=O) groups is 4. The van der Waals surface area contributed by atoms with E-state index in [2.05, 4.69) is 26.0 Å². The molecular formula is C25H19F2N7O5. The molecule has 14 heteroatoms. The summed E-state index contributed by atoms with van der Waals surface area (Å²) in [5.41, 5.74) is 5.69. The zero-order chi connectivity index (χ0) is 27.7. The van der Waals surface area contributed by atoms with Crippen LogP contribution in [-0.4, -0.2) is 44.8 Å². The summed E-state index contributed by atoms with van der Waals surface area (Å²) in [6, 6.07) is 9.41. The number of aromatic nitrogens is 3. The Balaban J connectivity index is 1.39. The number of nitrogens with two attached hydrogens (primary N) is 1. The van der Waals surface area contributed by atoms with E-state index >= 15 is 0 Å². The van der Waals surface area contributed by atoms with Crippen molar-refractivity contribution in [2.75, 3.05) is 11.9 Å². The summed E-state index contributed by atoms with van der Waals surface area (Å²) >= 11 is 0. The summed E-state index contributed by atoms with van der Waals surface area (Å²) < 4.78 is 33.9. The summed E-state index contributed by atoms with van der Waals surface area (Å²) in [7, 11) is 0. The number of fused-ring (bicyclic) bond motifs is 2. The Kier molecular flexibility index (Phi) is 6.58. The molecule has 198 valence electrons. The lowest BCUT2D eigenvalue weighted by atomic mass is 10.1. The van der Waals surface area contributed by atoms with Crippen molar-refractivity contribution in [2.24, 2.45) is 5.73 Å². The molecule has 3 heterocycles. The lowest BCUT2D eigenvalue weighted by Crippen LogP contribution is -2.38. The molecule has 1 aliphatic rings. The highest BCUT2D eigenvalue weighted by molar-refractivity contribution is 6.00. The monoisotopic (exact) mass is 535 g/mol. The van der Waals surface area contributed by atoms with Gasteiger partial charge >= 0.3 is 0 Å². The Labute approximate surface area is 218 Å². The molecule has 12 nitrogen and oxygen atoms in total. The molecule has 4 amide bonds. The summed E-state index contributed by atoms with van der Waals surface area (Å²) in [5.74, 6) is -3.87. The van der Waals surface area contributed by atoms with Crippen molar-refractivity contribution in [3.8, 4) is 5.75 Å². The normalized spacial score (nSPS) is 13.1. The van der Waals surface area contributed by atoms with Crippen LogP contribution in [0, 0.1) is 11.6 Å². The molecule has 0 bridgehead atoms. The predicted octanol–water partition coefficient (Wildman–Crippen LogP) is 1.22. The van der Waals surface area contributed by atoms with Crippen molar-refractivity contribution in [1.29, 1.82) is 0 Å². The molecule has 0 saturated carbocycles. The van der Waals surface area contributed by atoms with Gasteiger partial charge in [0.2, 0.25) is 5.91 Å². The smallest absolute Gasteiger partial charge is 0.271 e. The molecule has 0 radical (unpaired) electrons. The number of ether oxygens (including phenoxy) is 1. The fraction of sp³-hybridized carbons (Fsp3) is 0.120. The zero-order valence-electron chi connectivity index (χ0n) is 19.9. The molecule has 0 spiro atoms. The molecule has 1 atom stereocenters. The quantitative estimate of drug-likeness (QED) is 0.276. The first-order valence-electron chi connectivity index (χ1n) is 11.4. The molecule has 5 N–H and O–H groups in total. The van der Waals surface area contributed by atoms with E-state index in [0.717, 1.165) is 28.9 Å². The van der Waals surface area contributed by atoms with Crippen molar-refractivity contribution < 1.29 is 32.7 Å². The number of anilines is 1. The van der Waals surface area contributed by atoms with Crippen molar-refractivity contribution in [3.63, 3.8) is 0 Å². The second-order valence-corrected chi connectivity index (χ2v) is 8.46. The number of halogens is 2. The van der Waals surface area contributed by atoms with Gasteiger partial charge < -0.3 is 26.4 Å². The van der Waals surface area contributed by atoms with E-state index < -0.39 is 41.0 Å². The Morgan fingerprint density at radius 2 is 1.87 bits per heavy atom. The molecule has 0 fully saturated rings. The van der Waals surface area contributed by atoms with Gasteiger partial charge in [-0.3, -0.25) is 19.2 Å². The highest BCUT2D eigenvalue weighted by Crippen LogP contribution is 2.28. The second kappa shape index (κ2) is 10.2. The van der Waals surface area contributed by atoms with E-state index in [1.54, 1.807) is 18.2 Å². The van der Waals surface area contributed by atoms with Crippen molar-refractivity contribution in [3.05, 3.63) is 88.9 Å². The molecule has 0 unspecified atom stereocenters. The third-order valence-corrected chi connectivity index (χ3v) is 5.79. The number of carbonyl (C=O) groups excluding carboxylic acids is 4. The minimum Gasteiger partial charge on any atom is -0.482 e. The van der Waals surface area contributed by atoms with Gasteiger partial charge in [-0.15, -0.1) is 0 Å². The average Bonchev–Trinajstić information content (AvgIpc) is 3.30. The van der Waals surface area contributed by atoms with Crippen LogP contribution in [-0.2, 0) is 16.1 Å². The first-order chi connectivity index (χ1) is 18.7. The van der Waals surface area contributed by atoms with Gasteiger partial charge in [0, 0.05) is 12.6 Å². The van der Waals surface area contributed by atoms with Crippen LogP contribution < -0.4 is 26.4 Å². The maximum atomic E-state index is 14.4. The lowest BCUT2D eigenvalue weighted by molar-refractivity contribution is -0.120. The van der Waals surface area contributed by atoms with Crippen LogP contribution in [0.3, 0.4) is 0 Å². The summed E-state index contributed by atoms with van der Waals surface area (Å²) in [4.78, 5) is 53.7. The zero-order valence-corrected chi connectivity index (χ0v) is 19.9. The predicted molar refractivity (Wildman–Crippen MR) is 130 cm³/mol. The highest BCUT2D eigenvalue weighted by atomic mass is 19.1. The molecule has 2 aromatic heterocycles. The summed E-state index contributed by atoms with van der Waals surface area (Å²) in [6.07, 6.45) is 0.815. The third kappa shape index (κ3) is 5.20. The van der Waals surface area contributed by atoms with Crippen LogP contribution in [0.25, 0.3) is 5.65 Å². The third-order valence-electron chi connectivity index (χ3n) is 5.79. The molecule has 0 aliphatic carbocycles. The fourth-order valence-corrected chi connectivity index (χ4v) is 3.91. The number of rotatable bonds is 7. The Bertz CT molecular complexity index is 1640. The standard InChI is InChI=1S/C25H19F2N7O5/c26-14-4-2-13(3-5-14)21(22(28)36)33-25(38)18-8-17(32-23-15(27)10-30-34(18)23)24(37)29-9-12-1-6-19-16(7-12)31-20(35)11-39-19/h1-8,10,21H,9,11H2,(H2,28,36)(H,29,37)(H,31,35)(H,33,38)/t21-/m1/s1. The van der Waals surface area contributed by atoms with Crippen molar-refractivity contribution in [2.45, 2.75) is 12.6 Å². The number of nitrogens with zero attached hydrogens (tertiary/aromatic N) is 3. The van der Waals surface area contributed by atoms with E-state index in [-0.39, 0.29) is 36.0 Å². The number of primary amides is 1. The number of benzene rings is 2. The topological polar surface area (TPSA) is 170 Å². The minimum atomic E-state index is -1.35. The van der Waals surface area contributed by atoms with Crippen molar-refractivity contribution >= 4 is 35.0 Å². The molecule has 5 rings (SSSR count). The maximum Gasteiger partial charge on any atom is 0.271 e. The van der Waals surface area contributed by atoms with Gasteiger partial charge in [-0.25, -0.2) is 18.3 Å². The summed E-state index contributed by atoms with van der Waals surface area (Å²) in [5, 5.41) is 11.5. The highest BCUT2D eigenvalue weighted by Gasteiger charge is 2.25. The molecule has 0 saturated heterocycles. The van der Waals surface area contributed by atoms with Gasteiger partial charge in [0.05, 0.1) is 11.9 Å². The molecule has 1 aliphatic heterocycles. The Hall–Kier alpha value is -5.40. The molecular weight excluding hydrogens is 516 g/mol. The molecule has 39 heavy (non-hydrogen) atoms. The van der Waals surface area contributed by atoms with E-state index in [1.807, 2.05) is 0 Å². The first kappa shape index (κ1) is 25.3. The van der Waals surface area contributed by atoms with E-state index in [9.17, 15) is 28.0 Å². The largest absolute Gasteiger partial charge is 0.482 e. The SMILES string of the molecule is NC(=O)[C@H](NC(=O)c1cc(C(=O)NCc2ccc3c(c2)NC(=O)CO3)nc2c(F)cnn12)c1ccc(F)cc1. The van der Waals surface area contributed by atoms with Crippen LogP contribution in [0.4, 0.5) is 14.5 Å². The maximum absolute atomic E-state index is 14.4. The van der Waals surface area contributed by atoms with Crippen LogP contribution >= 0.6 is 0 Å². The van der Waals surface area contributed by atoms with Gasteiger partial charge in [-0.1, -0.05) is 18.2 Å².